The van der Waals surface area contributed by atoms with Crippen molar-refractivity contribution in [2.24, 2.45) is 0 Å². The van der Waals surface area contributed by atoms with E-state index < -0.39 is 11.5 Å². The van der Waals surface area contributed by atoms with Gasteiger partial charge in [0, 0.05) is 6.54 Å². The fourth-order valence-corrected chi connectivity index (χ4v) is 1.45. The summed E-state index contributed by atoms with van der Waals surface area (Å²) in [6.07, 6.45) is 0. The second-order valence-corrected chi connectivity index (χ2v) is 4.95. The van der Waals surface area contributed by atoms with Gasteiger partial charge in [0.1, 0.15) is 17.9 Å². The van der Waals surface area contributed by atoms with Crippen molar-refractivity contribution in [2.75, 3.05) is 20.2 Å². The van der Waals surface area contributed by atoms with Crippen molar-refractivity contribution in [3.8, 4) is 5.75 Å². The van der Waals surface area contributed by atoms with Gasteiger partial charge in [-0.25, -0.2) is 0 Å². The summed E-state index contributed by atoms with van der Waals surface area (Å²) in [5.41, 5.74) is 0.266. The molecule has 0 aliphatic heterocycles. The van der Waals surface area contributed by atoms with E-state index in [1.165, 1.54) is 0 Å². The first-order valence-corrected chi connectivity index (χ1v) is 5.98. The van der Waals surface area contributed by atoms with Gasteiger partial charge in [-0.05, 0) is 45.5 Å². The van der Waals surface area contributed by atoms with Crippen LogP contribution in [0.2, 0.25) is 0 Å². The van der Waals surface area contributed by atoms with Gasteiger partial charge in [-0.1, -0.05) is 12.1 Å². The molecule has 0 bridgehead atoms. The van der Waals surface area contributed by atoms with Gasteiger partial charge in [-0.3, -0.25) is 9.69 Å². The van der Waals surface area contributed by atoms with Crippen LogP contribution in [0.25, 0.3) is 0 Å². The lowest BCUT2D eigenvalue weighted by Gasteiger charge is -2.31. The number of hydrogen-bond donors (Lipinski definition) is 1. The van der Waals surface area contributed by atoms with Crippen LogP contribution in [-0.4, -0.2) is 41.7 Å². The average Bonchev–Trinajstić information content (AvgIpc) is 2.28. The van der Waals surface area contributed by atoms with Crippen LogP contribution in [0.4, 0.5) is 0 Å². The number of ether oxygens (including phenoxy) is 1. The standard InChI is InChI=1S/C14H21NO3/c1-11-6-5-7-12(10-11)18-9-8-15(4)14(2,3)13(16)17/h5-7,10H,8-9H2,1-4H3,(H,16,17). The Labute approximate surface area is 108 Å². The second-order valence-electron chi connectivity index (χ2n) is 4.95. The van der Waals surface area contributed by atoms with Crippen LogP contribution < -0.4 is 4.74 Å². The molecular formula is C14H21NO3. The summed E-state index contributed by atoms with van der Waals surface area (Å²) < 4.78 is 5.60. The molecule has 0 saturated carbocycles. The Morgan fingerprint density at radius 1 is 1.44 bits per heavy atom. The van der Waals surface area contributed by atoms with Crippen molar-refractivity contribution in [3.63, 3.8) is 0 Å². The van der Waals surface area contributed by atoms with E-state index in [1.807, 2.05) is 31.2 Å². The SMILES string of the molecule is Cc1cccc(OCCN(C)C(C)(C)C(=O)O)c1. The molecule has 0 fully saturated rings. The third-order valence-electron chi connectivity index (χ3n) is 3.16. The lowest BCUT2D eigenvalue weighted by Crippen LogP contribution is -2.49. The molecule has 0 aromatic heterocycles. The van der Waals surface area contributed by atoms with Gasteiger partial charge in [0.05, 0.1) is 0 Å². The summed E-state index contributed by atoms with van der Waals surface area (Å²) in [4.78, 5) is 12.8. The molecule has 4 heteroatoms. The molecule has 0 heterocycles. The normalized spacial score (nSPS) is 11.6. The predicted molar refractivity (Wildman–Crippen MR) is 71.0 cm³/mol. The molecule has 4 nitrogen and oxygen atoms in total. The molecule has 18 heavy (non-hydrogen) atoms. The highest BCUT2D eigenvalue weighted by Gasteiger charge is 2.31. The summed E-state index contributed by atoms with van der Waals surface area (Å²) in [5.74, 6) is -0.0166. The number of likely N-dealkylation sites (N-methyl/N-ethyl adjacent to an activating group) is 1. The Kier molecular flexibility index (Phi) is 4.73. The summed E-state index contributed by atoms with van der Waals surface area (Å²) >= 11 is 0. The maximum Gasteiger partial charge on any atom is 0.323 e. The Morgan fingerprint density at radius 3 is 2.67 bits per heavy atom. The van der Waals surface area contributed by atoms with Crippen molar-refractivity contribution < 1.29 is 14.6 Å². The summed E-state index contributed by atoms with van der Waals surface area (Å²) in [7, 11) is 1.79. The van der Waals surface area contributed by atoms with E-state index in [9.17, 15) is 4.79 Å². The van der Waals surface area contributed by atoms with Gasteiger partial charge < -0.3 is 9.84 Å². The molecule has 1 rings (SSSR count). The quantitative estimate of drug-likeness (QED) is 0.841. The molecule has 1 aromatic carbocycles. The molecule has 0 atom stereocenters. The maximum absolute atomic E-state index is 11.1. The zero-order valence-corrected chi connectivity index (χ0v) is 11.4. The zero-order valence-electron chi connectivity index (χ0n) is 11.4. The van der Waals surface area contributed by atoms with Crippen LogP contribution in [0.15, 0.2) is 24.3 Å². The number of hydrogen-bond acceptors (Lipinski definition) is 3. The van der Waals surface area contributed by atoms with E-state index >= 15 is 0 Å². The van der Waals surface area contributed by atoms with Crippen molar-refractivity contribution in [2.45, 2.75) is 26.3 Å². The number of aliphatic carboxylic acids is 1. The highest BCUT2D eigenvalue weighted by Crippen LogP contribution is 2.14. The Hall–Kier alpha value is -1.55. The molecule has 0 amide bonds. The fraction of sp³-hybridized carbons (Fsp3) is 0.500. The van der Waals surface area contributed by atoms with Crippen LogP contribution in [0.1, 0.15) is 19.4 Å². The van der Waals surface area contributed by atoms with E-state index in [0.717, 1.165) is 11.3 Å². The maximum atomic E-state index is 11.1. The molecule has 0 aliphatic carbocycles. The van der Waals surface area contributed by atoms with E-state index in [-0.39, 0.29) is 0 Å². The van der Waals surface area contributed by atoms with Gasteiger partial charge in [-0.2, -0.15) is 0 Å². The van der Waals surface area contributed by atoms with Gasteiger partial charge in [-0.15, -0.1) is 0 Å². The minimum absolute atomic E-state index is 0.469. The Morgan fingerprint density at radius 2 is 2.11 bits per heavy atom. The minimum Gasteiger partial charge on any atom is -0.492 e. The summed E-state index contributed by atoms with van der Waals surface area (Å²) in [5, 5.41) is 9.08. The predicted octanol–water partition coefficient (Wildman–Crippen LogP) is 2.17. The third-order valence-corrected chi connectivity index (χ3v) is 3.16. The number of nitrogens with zero attached hydrogens (tertiary/aromatic N) is 1. The number of benzene rings is 1. The van der Waals surface area contributed by atoms with E-state index in [2.05, 4.69) is 0 Å². The first kappa shape index (κ1) is 14.5. The molecule has 0 aliphatic rings. The molecule has 0 saturated heterocycles. The largest absolute Gasteiger partial charge is 0.492 e. The summed E-state index contributed by atoms with van der Waals surface area (Å²) in [6, 6.07) is 7.81. The van der Waals surface area contributed by atoms with Crippen molar-refractivity contribution in [3.05, 3.63) is 29.8 Å². The molecule has 1 N–H and O–H groups in total. The van der Waals surface area contributed by atoms with Gasteiger partial charge >= 0.3 is 5.97 Å². The first-order chi connectivity index (χ1) is 8.34. The molecule has 1 aromatic rings. The van der Waals surface area contributed by atoms with Crippen LogP contribution in [0.3, 0.4) is 0 Å². The molecule has 100 valence electrons. The average molecular weight is 251 g/mol. The van der Waals surface area contributed by atoms with Crippen LogP contribution in [-0.2, 0) is 4.79 Å². The third kappa shape index (κ3) is 3.74. The molecule has 0 unspecified atom stereocenters. The van der Waals surface area contributed by atoms with Crippen molar-refractivity contribution in [1.82, 2.24) is 4.90 Å². The Balaban J connectivity index is 2.45. The van der Waals surface area contributed by atoms with E-state index in [4.69, 9.17) is 9.84 Å². The number of carbonyl (C=O) groups is 1. The van der Waals surface area contributed by atoms with Crippen molar-refractivity contribution in [1.29, 1.82) is 0 Å². The minimum atomic E-state index is -0.879. The monoisotopic (exact) mass is 251 g/mol. The van der Waals surface area contributed by atoms with E-state index in [0.29, 0.717) is 13.2 Å². The van der Waals surface area contributed by atoms with Gasteiger partial charge in [0.2, 0.25) is 0 Å². The smallest absolute Gasteiger partial charge is 0.323 e. The zero-order chi connectivity index (χ0) is 13.8. The number of aryl methyl sites for hydroxylation is 1. The first-order valence-electron chi connectivity index (χ1n) is 5.98. The Bertz CT molecular complexity index is 415. The lowest BCUT2D eigenvalue weighted by molar-refractivity contribution is -0.148. The molecule has 0 spiro atoms. The number of carboxylic acid groups (broad SMARTS) is 1. The van der Waals surface area contributed by atoms with Crippen LogP contribution >= 0.6 is 0 Å². The second kappa shape index (κ2) is 5.87. The molecular weight excluding hydrogens is 230 g/mol. The van der Waals surface area contributed by atoms with Crippen LogP contribution in [0.5, 0.6) is 5.75 Å². The van der Waals surface area contributed by atoms with Crippen molar-refractivity contribution >= 4 is 5.97 Å². The topological polar surface area (TPSA) is 49.8 Å². The number of rotatable bonds is 6. The molecule has 0 radical (unpaired) electrons. The highest BCUT2D eigenvalue weighted by atomic mass is 16.5. The van der Waals surface area contributed by atoms with Crippen LogP contribution in [0, 0.1) is 6.92 Å². The fourth-order valence-electron chi connectivity index (χ4n) is 1.45. The van der Waals surface area contributed by atoms with E-state index in [1.54, 1.807) is 25.8 Å². The van der Waals surface area contributed by atoms with Gasteiger partial charge in [0.25, 0.3) is 0 Å². The lowest BCUT2D eigenvalue weighted by atomic mass is 10.0. The highest BCUT2D eigenvalue weighted by molar-refractivity contribution is 5.77. The van der Waals surface area contributed by atoms with Gasteiger partial charge in [0.15, 0.2) is 0 Å². The number of carboxylic acids is 1. The summed E-state index contributed by atoms with van der Waals surface area (Å²) in [6.45, 7) is 6.40.